The second-order valence-electron chi connectivity index (χ2n) is 10.4. The average Bonchev–Trinajstić information content (AvgIpc) is 3.54. The highest BCUT2D eigenvalue weighted by Gasteiger charge is 2.42. The summed E-state index contributed by atoms with van der Waals surface area (Å²) in [5, 5.41) is 20.4. The van der Waals surface area contributed by atoms with Crippen LogP contribution >= 0.6 is 0 Å². The number of aliphatic hydroxyl groups is 1. The zero-order chi connectivity index (χ0) is 27.2. The molecule has 1 aliphatic carbocycles. The predicted molar refractivity (Wildman–Crippen MR) is 131 cm³/mol. The van der Waals surface area contributed by atoms with Crippen molar-refractivity contribution in [3.05, 3.63) is 24.3 Å². The van der Waals surface area contributed by atoms with E-state index in [1.165, 1.54) is 23.5 Å². The first kappa shape index (κ1) is 28.0. The summed E-state index contributed by atoms with van der Waals surface area (Å²) in [5.41, 5.74) is -0.637. The lowest BCUT2D eigenvalue weighted by Gasteiger charge is -2.35. The molecule has 3 unspecified atom stereocenters. The monoisotopic (exact) mass is 517 g/mol. The Balaban J connectivity index is 1.56. The van der Waals surface area contributed by atoms with Crippen LogP contribution in [0.25, 0.3) is 0 Å². The molecule has 1 saturated heterocycles. The number of aliphatic hydroxyl groups excluding tert-OH is 1. The number of rotatable bonds is 10. The van der Waals surface area contributed by atoms with Crippen molar-refractivity contribution in [2.24, 2.45) is 5.41 Å². The van der Waals surface area contributed by atoms with Crippen LogP contribution in [0.4, 0.5) is 0 Å². The minimum absolute atomic E-state index is 0.0554. The Bertz CT molecular complexity index is 1010. The summed E-state index contributed by atoms with van der Waals surface area (Å²) in [5.74, 6) is -2.59. The summed E-state index contributed by atoms with van der Waals surface area (Å²) in [6, 6.07) is -1.66. The van der Waals surface area contributed by atoms with Gasteiger partial charge in [-0.2, -0.15) is 0 Å². The second-order valence-corrected chi connectivity index (χ2v) is 10.4. The molecule has 2 aliphatic rings. The Kier molecular flexibility index (Phi) is 9.14. The van der Waals surface area contributed by atoms with E-state index < -0.39 is 53.1 Å². The molecule has 2 fully saturated rings. The molecule has 3 atom stereocenters. The number of nitrogens with one attached hydrogen (secondary N) is 4. The van der Waals surface area contributed by atoms with Gasteiger partial charge in [-0.3, -0.25) is 29.0 Å². The summed E-state index contributed by atoms with van der Waals surface area (Å²) in [6.07, 6.45) is 5.43. The number of amides is 5. The fraction of sp³-hybridized carbons (Fsp3) is 0.625. The van der Waals surface area contributed by atoms with Gasteiger partial charge in [0.2, 0.25) is 17.7 Å². The van der Waals surface area contributed by atoms with E-state index >= 15 is 0 Å². The van der Waals surface area contributed by atoms with E-state index in [-0.39, 0.29) is 24.8 Å². The van der Waals surface area contributed by atoms with Crippen LogP contribution in [0, 0.1) is 5.41 Å². The first-order valence-corrected chi connectivity index (χ1v) is 12.4. The van der Waals surface area contributed by atoms with Crippen molar-refractivity contribution < 1.29 is 29.1 Å². The Morgan fingerprint density at radius 1 is 1.11 bits per heavy atom. The Morgan fingerprint density at radius 3 is 2.46 bits per heavy atom. The maximum absolute atomic E-state index is 13.5. The molecule has 13 nitrogen and oxygen atoms in total. The van der Waals surface area contributed by atoms with Gasteiger partial charge in [0.15, 0.2) is 0 Å². The number of carbonyl (C=O) groups is 5. The number of hydrogen-bond donors (Lipinski definition) is 5. The second kappa shape index (κ2) is 12.1. The van der Waals surface area contributed by atoms with Crippen LogP contribution in [0.2, 0.25) is 0 Å². The highest BCUT2D eigenvalue weighted by molar-refractivity contribution is 5.96. The lowest BCUT2D eigenvalue weighted by molar-refractivity contribution is -0.144. The Labute approximate surface area is 215 Å². The van der Waals surface area contributed by atoms with Crippen molar-refractivity contribution in [1.29, 1.82) is 0 Å². The van der Waals surface area contributed by atoms with Crippen molar-refractivity contribution in [2.45, 2.75) is 70.7 Å². The number of nitrogens with zero attached hydrogens (tertiary/aromatic N) is 3. The van der Waals surface area contributed by atoms with Crippen molar-refractivity contribution in [1.82, 2.24) is 36.1 Å². The molecule has 5 amide bonds. The van der Waals surface area contributed by atoms with E-state index in [4.69, 9.17) is 0 Å². The van der Waals surface area contributed by atoms with E-state index in [9.17, 15) is 29.1 Å². The van der Waals surface area contributed by atoms with E-state index in [0.29, 0.717) is 19.4 Å². The molecule has 1 aromatic rings. The summed E-state index contributed by atoms with van der Waals surface area (Å²) < 4.78 is 0. The largest absolute Gasteiger partial charge is 0.381 e. The average molecular weight is 518 g/mol. The SMILES string of the molecule is CC(C)(C)C(NC(=O)CNC(=O)c1cnccn1)C(=O)N1CCCC1C(=O)NCC(O)C(=O)NC1CC1. The highest BCUT2D eigenvalue weighted by atomic mass is 16.3. The van der Waals surface area contributed by atoms with Gasteiger partial charge < -0.3 is 31.3 Å². The quantitative estimate of drug-likeness (QED) is 0.248. The molecule has 3 rings (SSSR count). The van der Waals surface area contributed by atoms with Gasteiger partial charge >= 0.3 is 0 Å². The van der Waals surface area contributed by atoms with Crippen LogP contribution in [-0.2, 0) is 19.2 Å². The van der Waals surface area contributed by atoms with Crippen LogP contribution in [0.5, 0.6) is 0 Å². The normalized spacial score (nSPS) is 18.9. The van der Waals surface area contributed by atoms with Crippen molar-refractivity contribution in [3.8, 4) is 0 Å². The molecule has 13 heteroatoms. The lowest BCUT2D eigenvalue weighted by atomic mass is 9.85. The molecule has 1 aromatic heterocycles. The summed E-state index contributed by atoms with van der Waals surface area (Å²) in [7, 11) is 0. The van der Waals surface area contributed by atoms with E-state index in [1.54, 1.807) is 20.8 Å². The fourth-order valence-electron chi connectivity index (χ4n) is 3.93. The van der Waals surface area contributed by atoms with Crippen LogP contribution < -0.4 is 21.3 Å². The summed E-state index contributed by atoms with van der Waals surface area (Å²) >= 11 is 0. The molecule has 37 heavy (non-hydrogen) atoms. The zero-order valence-electron chi connectivity index (χ0n) is 21.3. The third kappa shape index (κ3) is 7.94. The smallest absolute Gasteiger partial charge is 0.271 e. The number of likely N-dealkylation sites (tertiary alicyclic amines) is 1. The van der Waals surface area contributed by atoms with E-state index in [2.05, 4.69) is 31.2 Å². The Hall–Kier alpha value is -3.61. The van der Waals surface area contributed by atoms with Crippen molar-refractivity contribution in [2.75, 3.05) is 19.6 Å². The van der Waals surface area contributed by atoms with Crippen molar-refractivity contribution >= 4 is 29.5 Å². The van der Waals surface area contributed by atoms with Crippen LogP contribution in [-0.4, -0.2) is 93.4 Å². The third-order valence-corrected chi connectivity index (χ3v) is 6.16. The minimum atomic E-state index is -1.38. The topological polar surface area (TPSA) is 183 Å². The van der Waals surface area contributed by atoms with Crippen molar-refractivity contribution in [3.63, 3.8) is 0 Å². The molecule has 2 heterocycles. The van der Waals surface area contributed by atoms with Gasteiger partial charge in [-0.25, -0.2) is 4.98 Å². The zero-order valence-corrected chi connectivity index (χ0v) is 21.3. The molecule has 0 bridgehead atoms. The summed E-state index contributed by atoms with van der Waals surface area (Å²) in [6.45, 7) is 5.05. The van der Waals surface area contributed by atoms with Crippen LogP contribution in [0.1, 0.15) is 56.9 Å². The molecule has 1 aliphatic heterocycles. The standard InChI is InChI=1S/C24H35N7O6/c1-24(2,3)19(30-18(33)13-28-20(34)15-11-25-8-9-26-15)23(37)31-10-4-5-16(31)21(35)27-12-17(32)22(36)29-14-6-7-14/h8-9,11,14,16-17,19,32H,4-7,10,12-13H2,1-3H3,(H,27,35)(H,28,34)(H,29,36)(H,30,33). The molecule has 202 valence electrons. The number of aromatic nitrogens is 2. The highest BCUT2D eigenvalue weighted by Crippen LogP contribution is 2.26. The first-order valence-electron chi connectivity index (χ1n) is 12.4. The molecule has 1 saturated carbocycles. The van der Waals surface area contributed by atoms with Crippen LogP contribution in [0.15, 0.2) is 18.6 Å². The van der Waals surface area contributed by atoms with Crippen LogP contribution in [0.3, 0.4) is 0 Å². The number of hydrogen-bond acceptors (Lipinski definition) is 8. The molecular formula is C24H35N7O6. The minimum Gasteiger partial charge on any atom is -0.381 e. The van der Waals surface area contributed by atoms with Gasteiger partial charge in [0, 0.05) is 25.0 Å². The molecular weight excluding hydrogens is 482 g/mol. The maximum Gasteiger partial charge on any atom is 0.271 e. The van der Waals surface area contributed by atoms with E-state index in [0.717, 1.165) is 12.8 Å². The predicted octanol–water partition coefficient (Wildman–Crippen LogP) is -1.52. The van der Waals surface area contributed by atoms with Gasteiger partial charge in [0.25, 0.3) is 11.8 Å². The van der Waals surface area contributed by atoms with Gasteiger partial charge in [-0.15, -0.1) is 0 Å². The molecule has 0 aromatic carbocycles. The molecule has 5 N–H and O–H groups in total. The lowest BCUT2D eigenvalue weighted by Crippen LogP contribution is -2.59. The molecule has 0 spiro atoms. The van der Waals surface area contributed by atoms with Gasteiger partial charge in [-0.1, -0.05) is 20.8 Å². The van der Waals surface area contributed by atoms with E-state index in [1.807, 2.05) is 0 Å². The molecule has 0 radical (unpaired) electrons. The third-order valence-electron chi connectivity index (χ3n) is 6.16. The first-order chi connectivity index (χ1) is 17.5. The fourth-order valence-corrected chi connectivity index (χ4v) is 3.93. The maximum atomic E-state index is 13.5. The van der Waals surface area contributed by atoms with Gasteiger partial charge in [0.05, 0.1) is 19.3 Å². The van der Waals surface area contributed by atoms with Gasteiger partial charge in [-0.05, 0) is 31.1 Å². The summed E-state index contributed by atoms with van der Waals surface area (Å²) in [4.78, 5) is 72.1. The number of carbonyl (C=O) groups excluding carboxylic acids is 5. The Morgan fingerprint density at radius 2 is 1.84 bits per heavy atom. The van der Waals surface area contributed by atoms with Gasteiger partial charge in [0.1, 0.15) is 23.9 Å².